The van der Waals surface area contributed by atoms with Crippen molar-refractivity contribution in [1.82, 2.24) is 34.9 Å². The van der Waals surface area contributed by atoms with Crippen LogP contribution in [0.25, 0.3) is 32.1 Å². The summed E-state index contributed by atoms with van der Waals surface area (Å²) in [7, 11) is 0. The highest BCUT2D eigenvalue weighted by Gasteiger charge is 2.49. The number of nitrogens with one attached hydrogen (secondary N) is 1. The predicted molar refractivity (Wildman–Crippen MR) is 205 cm³/mol. The maximum atomic E-state index is 17.6. The molecule has 3 aliphatic heterocycles. The van der Waals surface area contributed by atoms with E-state index in [1.54, 1.807) is 6.92 Å². The monoisotopic (exact) mass is 824 g/mol. The third-order valence-electron chi connectivity index (χ3n) is 12.1. The van der Waals surface area contributed by atoms with Crippen LogP contribution in [0.2, 0.25) is 5.02 Å². The molecule has 4 aliphatic rings. The normalized spacial score (nSPS) is 25.7. The van der Waals surface area contributed by atoms with Gasteiger partial charge in [0.2, 0.25) is 0 Å². The van der Waals surface area contributed by atoms with Gasteiger partial charge in [-0.25, -0.2) is 27.3 Å². The van der Waals surface area contributed by atoms with Crippen molar-refractivity contribution in [3.05, 3.63) is 47.0 Å². The number of fused-ring (bicyclic) bond motifs is 3. The van der Waals surface area contributed by atoms with E-state index in [4.69, 9.17) is 31.8 Å². The third kappa shape index (κ3) is 6.16. The first-order valence-electron chi connectivity index (χ1n) is 18.8. The predicted octanol–water partition coefficient (Wildman–Crippen LogP) is 7.00. The number of aromatic nitrogens is 5. The Morgan fingerprint density at radius 3 is 2.82 bits per heavy atom. The number of thiophene rings is 1. The van der Waals surface area contributed by atoms with Crippen molar-refractivity contribution in [2.45, 2.75) is 76.1 Å². The number of halogens is 5. The zero-order valence-electron chi connectivity index (χ0n) is 30.8. The van der Waals surface area contributed by atoms with Crippen LogP contribution in [0.4, 0.5) is 33.2 Å². The van der Waals surface area contributed by atoms with Crippen LogP contribution in [-0.2, 0) is 0 Å². The van der Waals surface area contributed by atoms with Crippen molar-refractivity contribution in [1.29, 1.82) is 5.26 Å². The van der Waals surface area contributed by atoms with Gasteiger partial charge in [0, 0.05) is 35.5 Å². The number of alkyl halides is 2. The molecule has 9 rings (SSSR count). The average molecular weight is 825 g/mol. The molecule has 5 aromatic rings. The quantitative estimate of drug-likeness (QED) is 0.163. The number of nitrogens with two attached hydrogens (primary N) is 1. The molecule has 0 spiro atoms. The summed E-state index contributed by atoms with van der Waals surface area (Å²) < 4.78 is 76.5. The Bertz CT molecular complexity index is 2470. The number of amides is 1. The molecule has 6 heterocycles. The van der Waals surface area contributed by atoms with E-state index in [-0.39, 0.29) is 83.8 Å². The van der Waals surface area contributed by atoms with Crippen molar-refractivity contribution in [3.63, 3.8) is 0 Å². The van der Waals surface area contributed by atoms with E-state index in [0.717, 1.165) is 54.4 Å². The van der Waals surface area contributed by atoms with E-state index < -0.39 is 54.7 Å². The smallest absolute Gasteiger partial charge is 0.343 e. The molecular weight excluding hydrogens is 788 g/mol. The molecule has 1 amide bonds. The first-order chi connectivity index (χ1) is 27.4. The SMILES string of the molecule is CC1Oc2c(Cl)c(-c3ccc(F)c4sc(N)c(C#N)c34)c(F)c3nc(OC[C@@]45CCCN4C[C@H](C)C5)nc(c23)N(CC(F)F)C2CC(NC(=O)n3cncn3)CC12. The summed E-state index contributed by atoms with van der Waals surface area (Å²) in [4.78, 5) is 30.1. The lowest BCUT2D eigenvalue weighted by Crippen LogP contribution is -2.47. The van der Waals surface area contributed by atoms with Gasteiger partial charge < -0.3 is 25.4 Å². The van der Waals surface area contributed by atoms with Crippen LogP contribution in [0.1, 0.15) is 51.5 Å². The highest BCUT2D eigenvalue weighted by atomic mass is 35.5. The van der Waals surface area contributed by atoms with Crippen LogP contribution in [0.3, 0.4) is 0 Å². The van der Waals surface area contributed by atoms with Crippen LogP contribution in [0.5, 0.6) is 11.8 Å². The van der Waals surface area contributed by atoms with E-state index in [0.29, 0.717) is 12.3 Å². The van der Waals surface area contributed by atoms with Gasteiger partial charge in [-0.2, -0.15) is 25.0 Å². The van der Waals surface area contributed by atoms with Gasteiger partial charge in [-0.1, -0.05) is 24.6 Å². The van der Waals surface area contributed by atoms with E-state index >= 15 is 8.78 Å². The summed E-state index contributed by atoms with van der Waals surface area (Å²) in [6.07, 6.45) is 2.19. The molecule has 3 N–H and O–H groups in total. The zero-order valence-corrected chi connectivity index (χ0v) is 32.4. The van der Waals surface area contributed by atoms with Gasteiger partial charge >= 0.3 is 12.0 Å². The second-order valence-corrected chi connectivity index (χ2v) is 17.0. The van der Waals surface area contributed by atoms with Crippen LogP contribution in [0.15, 0.2) is 24.8 Å². The standard InChI is InChI=1S/C38H37ClF4N10O3S/c1-17-10-38(6-3-7-51(38)12-17)14-55-36-49-31-28-32(29(39)27(30(31)43)20-4-5-23(40)33-26(20)22(11-44)34(45)57-33)56-18(2)21-8-19(48-37(54)53-16-46-15-47-53)9-24(21)52(13-25(41)42)35(28)50-36/h4-5,15-19,21,24-25H,3,6-10,12-14,45H2,1-2H3,(H,48,54)/t17-,18?,19?,21?,24?,38+/m1/s1. The van der Waals surface area contributed by atoms with Gasteiger partial charge in [-0.3, -0.25) is 4.90 Å². The van der Waals surface area contributed by atoms with Crippen LogP contribution in [0, 0.1) is 34.8 Å². The Morgan fingerprint density at radius 1 is 1.25 bits per heavy atom. The van der Waals surface area contributed by atoms with Gasteiger partial charge in [-0.15, -0.1) is 11.3 Å². The Hall–Kier alpha value is -4.99. The first-order valence-corrected chi connectivity index (χ1v) is 19.9. The number of hydrogen-bond donors (Lipinski definition) is 2. The molecule has 6 atom stereocenters. The summed E-state index contributed by atoms with van der Waals surface area (Å²) in [5, 5.41) is 16.7. The minimum atomic E-state index is -2.85. The number of carbonyl (C=O) groups is 1. The summed E-state index contributed by atoms with van der Waals surface area (Å²) in [5.41, 5.74) is 5.33. The minimum absolute atomic E-state index is 0.0310. The second-order valence-electron chi connectivity index (χ2n) is 15.6. The Kier molecular flexibility index (Phi) is 9.32. The Balaban J connectivity index is 1.24. The largest absolute Gasteiger partial charge is 0.488 e. The molecule has 2 saturated heterocycles. The number of nitrogen functional groups attached to an aromatic ring is 1. The van der Waals surface area contributed by atoms with Crippen LogP contribution >= 0.6 is 22.9 Å². The van der Waals surface area contributed by atoms with E-state index in [1.807, 2.05) is 6.07 Å². The number of rotatable bonds is 7. The van der Waals surface area contributed by atoms with Crippen molar-refractivity contribution in [3.8, 4) is 29.0 Å². The minimum Gasteiger partial charge on any atom is -0.488 e. The summed E-state index contributed by atoms with van der Waals surface area (Å²) >= 11 is 8.03. The van der Waals surface area contributed by atoms with Gasteiger partial charge in [0.05, 0.1) is 32.8 Å². The zero-order chi connectivity index (χ0) is 39.9. The van der Waals surface area contributed by atoms with Crippen molar-refractivity contribution in [2.24, 2.45) is 11.8 Å². The van der Waals surface area contributed by atoms with Crippen LogP contribution in [-0.4, -0.2) is 92.1 Å². The van der Waals surface area contributed by atoms with Gasteiger partial charge in [0.15, 0.2) is 11.6 Å². The van der Waals surface area contributed by atoms with E-state index in [9.17, 15) is 18.8 Å². The molecule has 4 unspecified atom stereocenters. The fraction of sp³-hybridized carbons (Fsp3) is 0.474. The molecule has 3 aromatic heterocycles. The number of nitriles is 1. The molecule has 1 aliphatic carbocycles. The maximum Gasteiger partial charge on any atom is 0.343 e. The third-order valence-corrected chi connectivity index (χ3v) is 13.4. The fourth-order valence-corrected chi connectivity index (χ4v) is 11.0. The lowest BCUT2D eigenvalue weighted by molar-refractivity contribution is 0.107. The molecule has 19 heteroatoms. The maximum absolute atomic E-state index is 17.6. The molecule has 0 radical (unpaired) electrons. The lowest BCUT2D eigenvalue weighted by Gasteiger charge is -2.39. The lowest BCUT2D eigenvalue weighted by atomic mass is 9.91. The topological polar surface area (TPSA) is 160 Å². The molecule has 1 saturated carbocycles. The summed E-state index contributed by atoms with van der Waals surface area (Å²) in [5.74, 6) is -1.81. The number of anilines is 2. The summed E-state index contributed by atoms with van der Waals surface area (Å²) in [6, 6.07) is 2.52. The molecule has 2 aromatic carbocycles. The fourth-order valence-electron chi connectivity index (χ4n) is 9.77. The average Bonchev–Trinajstić information content (AvgIpc) is 4.01. The molecule has 57 heavy (non-hydrogen) atoms. The van der Waals surface area contributed by atoms with Crippen molar-refractivity contribution < 1.29 is 31.8 Å². The van der Waals surface area contributed by atoms with Crippen LogP contribution < -0.4 is 25.4 Å². The van der Waals surface area contributed by atoms with E-state index in [2.05, 4.69) is 32.2 Å². The van der Waals surface area contributed by atoms with E-state index in [1.165, 1.54) is 23.6 Å². The highest BCUT2D eigenvalue weighted by molar-refractivity contribution is 7.23. The molecule has 298 valence electrons. The highest BCUT2D eigenvalue weighted by Crippen LogP contribution is 2.53. The second kappa shape index (κ2) is 14.1. The Morgan fingerprint density at radius 2 is 2.07 bits per heavy atom. The van der Waals surface area contributed by atoms with Gasteiger partial charge in [-0.05, 0) is 63.1 Å². The number of carbonyl (C=O) groups excluding carboxylic acids is 1. The van der Waals surface area contributed by atoms with Gasteiger partial charge in [0.1, 0.15) is 53.6 Å². The molecular formula is C38H37ClF4N10O3S. The molecule has 0 bridgehead atoms. The molecule has 13 nitrogen and oxygen atoms in total. The van der Waals surface area contributed by atoms with Crippen molar-refractivity contribution >= 4 is 60.8 Å². The van der Waals surface area contributed by atoms with Gasteiger partial charge in [0.25, 0.3) is 6.43 Å². The number of ether oxygens (including phenoxy) is 2. The number of benzene rings is 2. The van der Waals surface area contributed by atoms with Crippen molar-refractivity contribution in [2.75, 3.05) is 36.9 Å². The summed E-state index contributed by atoms with van der Waals surface area (Å²) in [6.45, 7) is 5.16. The first kappa shape index (κ1) is 37.6. The number of hydrogen-bond acceptors (Lipinski definition) is 12. The number of nitrogens with zero attached hydrogens (tertiary/aromatic N) is 8. The Labute approximate surface area is 332 Å². The molecule has 3 fully saturated rings.